The van der Waals surface area contributed by atoms with Crippen LogP contribution in [0.15, 0.2) is 30.3 Å². The zero-order chi connectivity index (χ0) is 18.6. The van der Waals surface area contributed by atoms with Crippen LogP contribution in [0.4, 0.5) is 0 Å². The van der Waals surface area contributed by atoms with E-state index in [0.717, 1.165) is 17.6 Å². The third-order valence-corrected chi connectivity index (χ3v) is 3.85. The predicted molar refractivity (Wildman–Crippen MR) is 99.5 cm³/mol. The van der Waals surface area contributed by atoms with Gasteiger partial charge in [0.25, 0.3) is 0 Å². The van der Waals surface area contributed by atoms with Crippen LogP contribution < -0.4 is 14.2 Å². The molecule has 0 saturated carbocycles. The Balaban J connectivity index is 2.58. The summed E-state index contributed by atoms with van der Waals surface area (Å²) in [6.07, 6.45) is 0.769. The molecule has 0 bridgehead atoms. The third kappa shape index (κ3) is 4.32. The highest BCUT2D eigenvalue weighted by Gasteiger charge is 2.22. The number of aldehydes is 1. The molecule has 25 heavy (non-hydrogen) atoms. The van der Waals surface area contributed by atoms with E-state index in [1.54, 1.807) is 19.2 Å². The third-order valence-electron chi connectivity index (χ3n) is 3.85. The second kappa shape index (κ2) is 7.60. The largest absolute Gasteiger partial charge is 0.493 e. The zero-order valence-corrected chi connectivity index (χ0v) is 15.8. The number of benzene rings is 2. The fourth-order valence-electron chi connectivity index (χ4n) is 2.62. The van der Waals surface area contributed by atoms with Gasteiger partial charge in [-0.05, 0) is 37.5 Å². The summed E-state index contributed by atoms with van der Waals surface area (Å²) in [5, 5.41) is 0. The van der Waals surface area contributed by atoms with Gasteiger partial charge in [0.2, 0.25) is 5.75 Å². The molecule has 4 heteroatoms. The highest BCUT2D eigenvalue weighted by atomic mass is 16.5. The summed E-state index contributed by atoms with van der Waals surface area (Å²) in [5.41, 5.74) is 2.64. The molecule has 0 aliphatic rings. The minimum absolute atomic E-state index is 0.0838. The van der Waals surface area contributed by atoms with Gasteiger partial charge in [-0.2, -0.15) is 0 Å². The molecule has 0 amide bonds. The van der Waals surface area contributed by atoms with Crippen molar-refractivity contribution in [3.8, 4) is 23.0 Å². The molecule has 0 unspecified atom stereocenters. The molecular formula is C21H26O4. The van der Waals surface area contributed by atoms with Gasteiger partial charge in [0.15, 0.2) is 11.5 Å². The lowest BCUT2D eigenvalue weighted by Crippen LogP contribution is -2.13. The average molecular weight is 342 g/mol. The summed E-state index contributed by atoms with van der Waals surface area (Å²) in [5.74, 6) is 2.18. The maximum Gasteiger partial charge on any atom is 0.204 e. The standard InChI is InChI=1S/C21H26O4/c1-7-24-20-18(23-6)11-15(13-22)12-19(20)25-17-9-8-14(2)10-16(17)21(3,4)5/h8-13H,7H2,1-6H3. The Morgan fingerprint density at radius 1 is 1.04 bits per heavy atom. The summed E-state index contributed by atoms with van der Waals surface area (Å²) in [6.45, 7) is 10.8. The van der Waals surface area contributed by atoms with Crippen LogP contribution in [0.5, 0.6) is 23.0 Å². The minimum atomic E-state index is -0.0838. The van der Waals surface area contributed by atoms with Gasteiger partial charge in [-0.1, -0.05) is 38.5 Å². The van der Waals surface area contributed by atoms with Crippen molar-refractivity contribution < 1.29 is 19.0 Å². The zero-order valence-electron chi connectivity index (χ0n) is 15.8. The van der Waals surface area contributed by atoms with E-state index in [1.807, 2.05) is 19.1 Å². The second-order valence-corrected chi connectivity index (χ2v) is 6.95. The molecular weight excluding hydrogens is 316 g/mol. The molecule has 134 valence electrons. The van der Waals surface area contributed by atoms with Gasteiger partial charge < -0.3 is 14.2 Å². The second-order valence-electron chi connectivity index (χ2n) is 6.95. The van der Waals surface area contributed by atoms with Gasteiger partial charge in [-0.15, -0.1) is 0 Å². The maximum absolute atomic E-state index is 11.3. The normalized spacial score (nSPS) is 11.1. The molecule has 2 aromatic rings. The van der Waals surface area contributed by atoms with E-state index < -0.39 is 0 Å². The Hall–Kier alpha value is -2.49. The van der Waals surface area contributed by atoms with Crippen LogP contribution in [0.2, 0.25) is 0 Å². The molecule has 0 N–H and O–H groups in total. The van der Waals surface area contributed by atoms with Crippen molar-refractivity contribution in [1.29, 1.82) is 0 Å². The number of methoxy groups -OCH3 is 1. The Morgan fingerprint density at radius 3 is 2.28 bits per heavy atom. The Bertz CT molecular complexity index is 757. The highest BCUT2D eigenvalue weighted by Crippen LogP contribution is 2.43. The molecule has 2 aromatic carbocycles. The van der Waals surface area contributed by atoms with Gasteiger partial charge in [-0.3, -0.25) is 4.79 Å². The topological polar surface area (TPSA) is 44.8 Å². The summed E-state index contributed by atoms with van der Waals surface area (Å²) in [4.78, 5) is 11.3. The lowest BCUT2D eigenvalue weighted by molar-refractivity contribution is 0.112. The molecule has 0 aliphatic heterocycles. The van der Waals surface area contributed by atoms with Crippen molar-refractivity contribution >= 4 is 6.29 Å². The average Bonchev–Trinajstić information content (AvgIpc) is 2.56. The maximum atomic E-state index is 11.3. The first kappa shape index (κ1) is 18.8. The Kier molecular flexibility index (Phi) is 5.73. The van der Waals surface area contributed by atoms with E-state index in [9.17, 15) is 4.79 Å². The molecule has 0 aromatic heterocycles. The first-order valence-corrected chi connectivity index (χ1v) is 8.39. The van der Waals surface area contributed by atoms with E-state index in [4.69, 9.17) is 14.2 Å². The van der Waals surface area contributed by atoms with Gasteiger partial charge in [-0.25, -0.2) is 0 Å². The van der Waals surface area contributed by atoms with Crippen LogP contribution in [0.3, 0.4) is 0 Å². The fourth-order valence-corrected chi connectivity index (χ4v) is 2.62. The number of ether oxygens (including phenoxy) is 3. The van der Waals surface area contributed by atoms with Crippen molar-refractivity contribution in [3.63, 3.8) is 0 Å². The quantitative estimate of drug-likeness (QED) is 0.668. The lowest BCUT2D eigenvalue weighted by atomic mass is 9.85. The van der Waals surface area contributed by atoms with Gasteiger partial charge in [0.1, 0.15) is 12.0 Å². The molecule has 0 aliphatic carbocycles. The summed E-state index contributed by atoms with van der Waals surface area (Å²) in [7, 11) is 1.54. The van der Waals surface area contributed by atoms with Gasteiger partial charge in [0.05, 0.1) is 13.7 Å². The smallest absolute Gasteiger partial charge is 0.204 e. The summed E-state index contributed by atoms with van der Waals surface area (Å²) >= 11 is 0. The molecule has 0 atom stereocenters. The van der Waals surface area contributed by atoms with Crippen molar-refractivity contribution in [2.45, 2.75) is 40.0 Å². The molecule has 0 spiro atoms. The van der Waals surface area contributed by atoms with Gasteiger partial charge in [0, 0.05) is 11.1 Å². The first-order valence-electron chi connectivity index (χ1n) is 8.39. The summed E-state index contributed by atoms with van der Waals surface area (Å²) in [6, 6.07) is 9.39. The monoisotopic (exact) mass is 342 g/mol. The SMILES string of the molecule is CCOc1c(OC)cc(C=O)cc1Oc1ccc(C)cc1C(C)(C)C. The van der Waals surface area contributed by atoms with E-state index >= 15 is 0 Å². The number of carbonyl (C=O) groups is 1. The van der Waals surface area contributed by atoms with Crippen LogP contribution in [0.25, 0.3) is 0 Å². The van der Waals surface area contributed by atoms with E-state index in [-0.39, 0.29) is 5.41 Å². The number of carbonyl (C=O) groups excluding carboxylic acids is 1. The van der Waals surface area contributed by atoms with Crippen LogP contribution in [-0.4, -0.2) is 20.0 Å². The van der Waals surface area contributed by atoms with E-state index in [0.29, 0.717) is 29.4 Å². The number of aryl methyl sites for hydroxylation is 1. The highest BCUT2D eigenvalue weighted by molar-refractivity contribution is 5.78. The van der Waals surface area contributed by atoms with Gasteiger partial charge >= 0.3 is 0 Å². The first-order chi connectivity index (χ1) is 11.8. The Labute approximate surface area is 149 Å². The summed E-state index contributed by atoms with van der Waals surface area (Å²) < 4.78 is 17.3. The molecule has 0 saturated heterocycles. The van der Waals surface area contributed by atoms with E-state index in [1.165, 1.54) is 5.56 Å². The van der Waals surface area contributed by atoms with Crippen molar-refractivity contribution in [2.24, 2.45) is 0 Å². The van der Waals surface area contributed by atoms with Crippen LogP contribution in [0.1, 0.15) is 49.2 Å². The van der Waals surface area contributed by atoms with Crippen LogP contribution in [0, 0.1) is 6.92 Å². The molecule has 4 nitrogen and oxygen atoms in total. The minimum Gasteiger partial charge on any atom is -0.493 e. The predicted octanol–water partition coefficient (Wildman–Crippen LogP) is 5.30. The van der Waals surface area contributed by atoms with Crippen molar-refractivity contribution in [2.75, 3.05) is 13.7 Å². The number of hydrogen-bond donors (Lipinski definition) is 0. The molecule has 0 radical (unpaired) electrons. The van der Waals surface area contributed by atoms with E-state index in [2.05, 4.69) is 33.8 Å². The molecule has 2 rings (SSSR count). The van der Waals surface area contributed by atoms with Crippen molar-refractivity contribution in [1.82, 2.24) is 0 Å². The molecule has 0 heterocycles. The number of rotatable bonds is 6. The van der Waals surface area contributed by atoms with Crippen LogP contribution >= 0.6 is 0 Å². The van der Waals surface area contributed by atoms with Crippen molar-refractivity contribution in [3.05, 3.63) is 47.0 Å². The lowest BCUT2D eigenvalue weighted by Gasteiger charge is -2.24. The van der Waals surface area contributed by atoms with Crippen LogP contribution in [-0.2, 0) is 5.41 Å². The number of hydrogen-bond acceptors (Lipinski definition) is 4. The fraction of sp³-hybridized carbons (Fsp3) is 0.381. The Morgan fingerprint density at radius 2 is 1.72 bits per heavy atom. The molecule has 0 fully saturated rings.